The van der Waals surface area contributed by atoms with E-state index in [2.05, 4.69) is 17.3 Å². The number of non-ortho nitro benzene ring substituents is 1. The number of hydrogen-bond donors (Lipinski definition) is 1. The smallest absolute Gasteiger partial charge is 0.269 e. The molecule has 0 atom stereocenters. The zero-order valence-corrected chi connectivity index (χ0v) is 11.7. The maximum Gasteiger partial charge on any atom is 0.269 e. The minimum Gasteiger partial charge on any atom is -0.492 e. The van der Waals surface area contributed by atoms with Gasteiger partial charge < -0.3 is 15.0 Å². The highest BCUT2D eigenvalue weighted by Crippen LogP contribution is 2.17. The van der Waals surface area contributed by atoms with Crippen molar-refractivity contribution in [2.75, 3.05) is 33.3 Å². The minimum atomic E-state index is -0.411. The average Bonchev–Trinajstić information content (AvgIpc) is 2.46. The summed E-state index contributed by atoms with van der Waals surface area (Å²) in [4.78, 5) is 12.4. The molecule has 1 aromatic carbocycles. The van der Waals surface area contributed by atoms with E-state index in [-0.39, 0.29) is 5.69 Å². The molecule has 1 N–H and O–H groups in total. The Labute approximate surface area is 118 Å². The van der Waals surface area contributed by atoms with Gasteiger partial charge in [-0.2, -0.15) is 0 Å². The summed E-state index contributed by atoms with van der Waals surface area (Å²) in [5.41, 5.74) is 0.0850. The third-order valence-corrected chi connectivity index (χ3v) is 3.57. The van der Waals surface area contributed by atoms with E-state index in [9.17, 15) is 10.1 Å². The molecule has 0 bridgehead atoms. The average molecular weight is 279 g/mol. The lowest BCUT2D eigenvalue weighted by Crippen LogP contribution is -2.42. The lowest BCUT2D eigenvalue weighted by atomic mass is 10.1. The summed E-state index contributed by atoms with van der Waals surface area (Å²) in [6.45, 7) is 3.65. The SMILES string of the molecule is CN1CCC(NCCOc2ccc([N+](=O)[O-])cc2)CC1. The highest BCUT2D eigenvalue weighted by molar-refractivity contribution is 5.35. The number of rotatable bonds is 6. The fraction of sp³-hybridized carbons (Fsp3) is 0.571. The third-order valence-electron chi connectivity index (χ3n) is 3.57. The molecular weight excluding hydrogens is 258 g/mol. The molecule has 0 saturated carbocycles. The molecule has 0 spiro atoms. The molecule has 20 heavy (non-hydrogen) atoms. The van der Waals surface area contributed by atoms with Crippen molar-refractivity contribution in [3.05, 3.63) is 34.4 Å². The monoisotopic (exact) mass is 279 g/mol. The molecule has 0 amide bonds. The van der Waals surface area contributed by atoms with Crippen LogP contribution in [-0.4, -0.2) is 49.2 Å². The van der Waals surface area contributed by atoms with Crippen molar-refractivity contribution in [1.82, 2.24) is 10.2 Å². The summed E-state index contributed by atoms with van der Waals surface area (Å²) in [6, 6.07) is 6.76. The Morgan fingerprint density at radius 3 is 2.60 bits per heavy atom. The van der Waals surface area contributed by atoms with Crippen LogP contribution < -0.4 is 10.1 Å². The second-order valence-corrected chi connectivity index (χ2v) is 5.13. The number of nitrogens with zero attached hydrogens (tertiary/aromatic N) is 2. The first-order chi connectivity index (χ1) is 9.65. The number of benzene rings is 1. The summed E-state index contributed by atoms with van der Waals surface area (Å²) in [5, 5.41) is 14.0. The zero-order valence-electron chi connectivity index (χ0n) is 11.7. The van der Waals surface area contributed by atoms with Gasteiger partial charge in [0.05, 0.1) is 4.92 Å². The van der Waals surface area contributed by atoms with Crippen molar-refractivity contribution in [3.8, 4) is 5.75 Å². The number of nitro groups is 1. The molecule has 0 unspecified atom stereocenters. The van der Waals surface area contributed by atoms with Crippen LogP contribution in [0.5, 0.6) is 5.75 Å². The molecule has 0 aromatic heterocycles. The van der Waals surface area contributed by atoms with E-state index in [0.717, 1.165) is 19.6 Å². The minimum absolute atomic E-state index is 0.0850. The van der Waals surface area contributed by atoms with Crippen LogP contribution >= 0.6 is 0 Å². The van der Waals surface area contributed by atoms with Crippen LogP contribution in [0.1, 0.15) is 12.8 Å². The van der Waals surface area contributed by atoms with Crippen LogP contribution in [0.25, 0.3) is 0 Å². The van der Waals surface area contributed by atoms with Crippen LogP contribution in [0.4, 0.5) is 5.69 Å². The van der Waals surface area contributed by atoms with Crippen molar-refractivity contribution >= 4 is 5.69 Å². The molecule has 1 saturated heterocycles. The Balaban J connectivity index is 1.64. The predicted octanol–water partition coefficient (Wildman–Crippen LogP) is 1.66. The van der Waals surface area contributed by atoms with Crippen LogP contribution in [0.15, 0.2) is 24.3 Å². The molecular formula is C14H21N3O3. The number of nitro benzene ring substituents is 1. The Morgan fingerprint density at radius 2 is 2.00 bits per heavy atom. The molecule has 1 aliphatic rings. The third kappa shape index (κ3) is 4.47. The second kappa shape index (κ2) is 7.21. The Hall–Kier alpha value is -1.66. The van der Waals surface area contributed by atoms with E-state index in [1.165, 1.54) is 25.0 Å². The van der Waals surface area contributed by atoms with Gasteiger partial charge in [0.15, 0.2) is 0 Å². The van der Waals surface area contributed by atoms with Crippen molar-refractivity contribution in [2.45, 2.75) is 18.9 Å². The molecule has 2 rings (SSSR count). The lowest BCUT2D eigenvalue weighted by Gasteiger charge is -2.29. The fourth-order valence-electron chi connectivity index (χ4n) is 2.31. The Kier molecular flexibility index (Phi) is 5.31. The molecule has 6 heteroatoms. The quantitative estimate of drug-likeness (QED) is 0.487. The number of likely N-dealkylation sites (tertiary alicyclic amines) is 1. The Morgan fingerprint density at radius 1 is 1.35 bits per heavy atom. The van der Waals surface area contributed by atoms with Gasteiger partial charge in [0.1, 0.15) is 12.4 Å². The highest BCUT2D eigenvalue weighted by atomic mass is 16.6. The molecule has 1 fully saturated rings. The van der Waals surface area contributed by atoms with Crippen LogP contribution in [-0.2, 0) is 0 Å². The van der Waals surface area contributed by atoms with Gasteiger partial charge in [-0.15, -0.1) is 0 Å². The molecule has 0 aliphatic carbocycles. The van der Waals surface area contributed by atoms with Gasteiger partial charge >= 0.3 is 0 Å². The lowest BCUT2D eigenvalue weighted by molar-refractivity contribution is -0.384. The first-order valence-electron chi connectivity index (χ1n) is 6.94. The van der Waals surface area contributed by atoms with E-state index in [1.807, 2.05) is 0 Å². The fourth-order valence-corrected chi connectivity index (χ4v) is 2.31. The van der Waals surface area contributed by atoms with Crippen LogP contribution in [0.2, 0.25) is 0 Å². The Bertz CT molecular complexity index is 428. The van der Waals surface area contributed by atoms with Crippen molar-refractivity contribution in [2.24, 2.45) is 0 Å². The van der Waals surface area contributed by atoms with E-state index in [4.69, 9.17) is 4.74 Å². The summed E-state index contributed by atoms with van der Waals surface area (Å²) >= 11 is 0. The van der Waals surface area contributed by atoms with Gasteiger partial charge in [0.2, 0.25) is 0 Å². The van der Waals surface area contributed by atoms with Gasteiger partial charge in [-0.25, -0.2) is 0 Å². The van der Waals surface area contributed by atoms with Crippen LogP contribution in [0, 0.1) is 10.1 Å². The summed E-state index contributed by atoms with van der Waals surface area (Å²) in [7, 11) is 2.15. The number of piperidine rings is 1. The standard InChI is InChI=1S/C14H21N3O3/c1-16-9-6-12(7-10-16)15-8-11-20-14-4-2-13(3-5-14)17(18)19/h2-5,12,15H,6-11H2,1H3. The van der Waals surface area contributed by atoms with Gasteiger partial charge in [0.25, 0.3) is 5.69 Å². The first-order valence-corrected chi connectivity index (χ1v) is 6.94. The summed E-state index contributed by atoms with van der Waals surface area (Å²) in [6.07, 6.45) is 2.35. The van der Waals surface area contributed by atoms with E-state index >= 15 is 0 Å². The second-order valence-electron chi connectivity index (χ2n) is 5.13. The topological polar surface area (TPSA) is 67.6 Å². The van der Waals surface area contributed by atoms with E-state index in [0.29, 0.717) is 18.4 Å². The molecule has 1 aromatic rings. The highest BCUT2D eigenvalue weighted by Gasteiger charge is 2.15. The predicted molar refractivity (Wildman–Crippen MR) is 77.1 cm³/mol. The van der Waals surface area contributed by atoms with Crippen molar-refractivity contribution in [3.63, 3.8) is 0 Å². The normalized spacial score (nSPS) is 17.1. The van der Waals surface area contributed by atoms with Gasteiger partial charge in [-0.05, 0) is 45.1 Å². The number of nitrogens with one attached hydrogen (secondary N) is 1. The summed E-state index contributed by atoms with van der Waals surface area (Å²) in [5.74, 6) is 0.667. The van der Waals surface area contributed by atoms with Gasteiger partial charge in [-0.1, -0.05) is 0 Å². The molecule has 0 radical (unpaired) electrons. The molecule has 1 aliphatic heterocycles. The summed E-state index contributed by atoms with van der Waals surface area (Å²) < 4.78 is 5.56. The first kappa shape index (κ1) is 14.7. The van der Waals surface area contributed by atoms with Crippen LogP contribution in [0.3, 0.4) is 0 Å². The van der Waals surface area contributed by atoms with Crippen molar-refractivity contribution in [1.29, 1.82) is 0 Å². The maximum absolute atomic E-state index is 10.5. The largest absolute Gasteiger partial charge is 0.492 e. The number of ether oxygens (including phenoxy) is 1. The van der Waals surface area contributed by atoms with E-state index < -0.39 is 4.92 Å². The maximum atomic E-state index is 10.5. The molecule has 1 heterocycles. The van der Waals surface area contributed by atoms with Gasteiger partial charge in [-0.3, -0.25) is 10.1 Å². The number of hydrogen-bond acceptors (Lipinski definition) is 5. The van der Waals surface area contributed by atoms with Gasteiger partial charge in [0, 0.05) is 24.7 Å². The molecule has 110 valence electrons. The van der Waals surface area contributed by atoms with Crippen molar-refractivity contribution < 1.29 is 9.66 Å². The zero-order chi connectivity index (χ0) is 14.4. The van der Waals surface area contributed by atoms with E-state index in [1.54, 1.807) is 12.1 Å². The molecule has 6 nitrogen and oxygen atoms in total.